The second-order valence-electron chi connectivity index (χ2n) is 8.59. The van der Waals surface area contributed by atoms with Crippen LogP contribution in [0.25, 0.3) is 0 Å². The summed E-state index contributed by atoms with van der Waals surface area (Å²) in [5, 5.41) is 3.08. The first-order valence-electron chi connectivity index (χ1n) is 10.4. The number of carbonyl (C=O) groups excluding carboxylic acids is 1. The first-order chi connectivity index (χ1) is 12.2. The van der Waals surface area contributed by atoms with E-state index in [0.29, 0.717) is 30.7 Å². The van der Waals surface area contributed by atoms with Gasteiger partial charge >= 0.3 is 0 Å². The predicted octanol–water partition coefficient (Wildman–Crippen LogP) is 5.66. The number of ether oxygens (including phenoxy) is 1. The molecule has 0 aromatic rings. The van der Waals surface area contributed by atoms with Gasteiger partial charge in [-0.15, -0.1) is 0 Å². The standard InChI is InChI=1S/C23H41NO2/c1-8-21-15-19(5)14-20(6)23(21,26-7)16-22(25)24-13-12-18(4)11-9-10-17(2)3/h10,12,19-21H,8-9,11,13-16H2,1-7H3,(H,24,25). The average Bonchev–Trinajstić information content (AvgIpc) is 2.56. The van der Waals surface area contributed by atoms with Crippen molar-refractivity contribution in [3.63, 3.8) is 0 Å². The highest BCUT2D eigenvalue weighted by Gasteiger charge is 2.48. The molecule has 0 aromatic heterocycles. The van der Waals surface area contributed by atoms with E-state index in [1.165, 1.54) is 11.1 Å². The molecule has 1 N–H and O–H groups in total. The number of allylic oxidation sites excluding steroid dienone is 3. The fourth-order valence-corrected chi connectivity index (χ4v) is 4.60. The molecule has 3 heteroatoms. The van der Waals surface area contributed by atoms with Crippen LogP contribution in [0.15, 0.2) is 23.3 Å². The van der Waals surface area contributed by atoms with E-state index in [0.717, 1.165) is 32.1 Å². The second-order valence-corrected chi connectivity index (χ2v) is 8.59. The van der Waals surface area contributed by atoms with Crippen LogP contribution >= 0.6 is 0 Å². The maximum Gasteiger partial charge on any atom is 0.223 e. The molecule has 4 atom stereocenters. The van der Waals surface area contributed by atoms with Crippen molar-refractivity contribution in [1.82, 2.24) is 5.32 Å². The van der Waals surface area contributed by atoms with Gasteiger partial charge in [0.15, 0.2) is 0 Å². The number of hydrogen-bond acceptors (Lipinski definition) is 2. The Bertz CT molecular complexity index is 504. The molecular formula is C23H41NO2. The fraction of sp³-hybridized carbons (Fsp3) is 0.783. The minimum Gasteiger partial charge on any atom is -0.377 e. The van der Waals surface area contributed by atoms with Crippen molar-refractivity contribution >= 4 is 5.91 Å². The summed E-state index contributed by atoms with van der Waals surface area (Å²) in [6.45, 7) is 13.8. The lowest BCUT2D eigenvalue weighted by atomic mass is 9.63. The number of hydrogen-bond donors (Lipinski definition) is 1. The zero-order valence-corrected chi connectivity index (χ0v) is 18.2. The van der Waals surface area contributed by atoms with E-state index in [4.69, 9.17) is 4.74 Å². The van der Waals surface area contributed by atoms with Crippen LogP contribution in [-0.4, -0.2) is 25.2 Å². The normalized spacial score (nSPS) is 29.3. The molecule has 0 bridgehead atoms. The smallest absolute Gasteiger partial charge is 0.223 e. The molecule has 3 nitrogen and oxygen atoms in total. The minimum atomic E-state index is -0.312. The van der Waals surface area contributed by atoms with Gasteiger partial charge in [0, 0.05) is 13.7 Å². The Labute approximate surface area is 161 Å². The number of rotatable bonds is 9. The van der Waals surface area contributed by atoms with Gasteiger partial charge in [-0.2, -0.15) is 0 Å². The lowest BCUT2D eigenvalue weighted by Crippen LogP contribution is -2.52. The average molecular weight is 364 g/mol. The maximum atomic E-state index is 12.6. The molecule has 1 fully saturated rings. The molecule has 0 aliphatic heterocycles. The summed E-state index contributed by atoms with van der Waals surface area (Å²) < 4.78 is 6.03. The number of methoxy groups -OCH3 is 1. The van der Waals surface area contributed by atoms with Gasteiger partial charge in [-0.1, -0.05) is 50.5 Å². The van der Waals surface area contributed by atoms with Crippen LogP contribution in [0.4, 0.5) is 0 Å². The summed E-state index contributed by atoms with van der Waals surface area (Å²) in [4.78, 5) is 12.6. The molecule has 1 amide bonds. The Morgan fingerprint density at radius 3 is 2.46 bits per heavy atom. The highest BCUT2D eigenvalue weighted by atomic mass is 16.5. The first kappa shape index (κ1) is 23.0. The maximum absolute atomic E-state index is 12.6. The van der Waals surface area contributed by atoms with Crippen LogP contribution in [-0.2, 0) is 9.53 Å². The SMILES string of the molecule is CCC1CC(C)CC(C)C1(CC(=O)NCC=C(C)CCC=C(C)C)OC. The molecule has 0 heterocycles. The van der Waals surface area contributed by atoms with Crippen molar-refractivity contribution in [3.05, 3.63) is 23.3 Å². The van der Waals surface area contributed by atoms with Crippen LogP contribution in [0.1, 0.15) is 80.1 Å². The van der Waals surface area contributed by atoms with Gasteiger partial charge < -0.3 is 10.1 Å². The zero-order chi connectivity index (χ0) is 19.7. The highest BCUT2D eigenvalue weighted by Crippen LogP contribution is 2.46. The molecular weight excluding hydrogens is 322 g/mol. The number of carbonyl (C=O) groups is 1. The largest absolute Gasteiger partial charge is 0.377 e. The van der Waals surface area contributed by atoms with E-state index >= 15 is 0 Å². The lowest BCUT2D eigenvalue weighted by molar-refractivity contribution is -0.152. The van der Waals surface area contributed by atoms with Crippen LogP contribution < -0.4 is 5.32 Å². The Morgan fingerprint density at radius 2 is 1.88 bits per heavy atom. The Balaban J connectivity index is 2.60. The lowest BCUT2D eigenvalue weighted by Gasteiger charge is -2.49. The molecule has 1 rings (SSSR count). The first-order valence-corrected chi connectivity index (χ1v) is 10.4. The third-order valence-corrected chi connectivity index (χ3v) is 6.12. The molecule has 0 spiro atoms. The minimum absolute atomic E-state index is 0.111. The van der Waals surface area contributed by atoms with Crippen molar-refractivity contribution < 1.29 is 9.53 Å². The van der Waals surface area contributed by atoms with Crippen LogP contribution in [0.3, 0.4) is 0 Å². The van der Waals surface area contributed by atoms with Crippen molar-refractivity contribution in [1.29, 1.82) is 0 Å². The van der Waals surface area contributed by atoms with Gasteiger partial charge in [0.1, 0.15) is 0 Å². The third-order valence-electron chi connectivity index (χ3n) is 6.12. The molecule has 1 saturated carbocycles. The summed E-state index contributed by atoms with van der Waals surface area (Å²) in [6.07, 6.45) is 10.4. The monoisotopic (exact) mass is 363 g/mol. The molecule has 0 saturated heterocycles. The Morgan fingerprint density at radius 1 is 1.19 bits per heavy atom. The van der Waals surface area contributed by atoms with Crippen LogP contribution in [0.5, 0.6) is 0 Å². The number of amides is 1. The van der Waals surface area contributed by atoms with E-state index in [1.807, 2.05) is 0 Å². The van der Waals surface area contributed by atoms with Gasteiger partial charge in [0.25, 0.3) is 0 Å². The predicted molar refractivity (Wildman–Crippen MR) is 111 cm³/mol. The van der Waals surface area contributed by atoms with Crippen molar-refractivity contribution in [2.24, 2.45) is 17.8 Å². The van der Waals surface area contributed by atoms with Crippen molar-refractivity contribution in [2.45, 2.75) is 85.7 Å². The van der Waals surface area contributed by atoms with Crippen LogP contribution in [0.2, 0.25) is 0 Å². The van der Waals surface area contributed by atoms with Gasteiger partial charge in [0.2, 0.25) is 5.91 Å². The van der Waals surface area contributed by atoms with E-state index in [1.54, 1.807) is 7.11 Å². The molecule has 0 aromatic carbocycles. The van der Waals surface area contributed by atoms with Crippen LogP contribution in [0, 0.1) is 17.8 Å². The van der Waals surface area contributed by atoms with Crippen molar-refractivity contribution in [2.75, 3.05) is 13.7 Å². The van der Waals surface area contributed by atoms with E-state index in [9.17, 15) is 4.79 Å². The molecule has 150 valence electrons. The highest BCUT2D eigenvalue weighted by molar-refractivity contribution is 5.77. The topological polar surface area (TPSA) is 38.3 Å². The van der Waals surface area contributed by atoms with E-state index in [2.05, 4.69) is 59.0 Å². The fourth-order valence-electron chi connectivity index (χ4n) is 4.60. The molecule has 4 unspecified atom stereocenters. The second kappa shape index (κ2) is 10.9. The summed E-state index contributed by atoms with van der Waals surface area (Å²) in [5.74, 6) is 1.69. The summed E-state index contributed by atoms with van der Waals surface area (Å²) >= 11 is 0. The van der Waals surface area contributed by atoms with E-state index in [-0.39, 0.29) is 11.5 Å². The molecule has 1 aliphatic carbocycles. The molecule has 1 aliphatic rings. The Hall–Kier alpha value is -1.09. The quantitative estimate of drug-likeness (QED) is 0.537. The zero-order valence-electron chi connectivity index (χ0n) is 18.2. The van der Waals surface area contributed by atoms with Gasteiger partial charge in [-0.25, -0.2) is 0 Å². The summed E-state index contributed by atoms with van der Waals surface area (Å²) in [7, 11) is 1.79. The van der Waals surface area contributed by atoms with Crippen molar-refractivity contribution in [3.8, 4) is 0 Å². The van der Waals surface area contributed by atoms with E-state index < -0.39 is 0 Å². The van der Waals surface area contributed by atoms with Gasteiger partial charge in [-0.3, -0.25) is 4.79 Å². The number of nitrogens with one attached hydrogen (secondary N) is 1. The Kier molecular flexibility index (Phi) is 9.63. The van der Waals surface area contributed by atoms with Gasteiger partial charge in [0.05, 0.1) is 12.0 Å². The summed E-state index contributed by atoms with van der Waals surface area (Å²) in [6, 6.07) is 0. The molecule has 0 radical (unpaired) electrons. The third kappa shape index (κ3) is 6.57. The molecule has 26 heavy (non-hydrogen) atoms. The summed E-state index contributed by atoms with van der Waals surface area (Å²) in [5.41, 5.74) is 2.38. The van der Waals surface area contributed by atoms with Gasteiger partial charge in [-0.05, 0) is 64.2 Å².